The van der Waals surface area contributed by atoms with E-state index in [1.165, 1.54) is 11.8 Å². The summed E-state index contributed by atoms with van der Waals surface area (Å²) in [5.74, 6) is 0.446. The first-order valence-corrected chi connectivity index (χ1v) is 10.3. The molecule has 1 aliphatic heterocycles. The summed E-state index contributed by atoms with van der Waals surface area (Å²) in [6.07, 6.45) is 2.60. The van der Waals surface area contributed by atoms with Gasteiger partial charge in [-0.15, -0.1) is 0 Å². The summed E-state index contributed by atoms with van der Waals surface area (Å²) in [6, 6.07) is 16.8. The molecule has 1 heterocycles. The Labute approximate surface area is 179 Å². The molecule has 150 valence electrons. The Kier molecular flexibility index (Phi) is 7.26. The van der Waals surface area contributed by atoms with Crippen molar-refractivity contribution in [3.05, 3.63) is 65.1 Å². The lowest BCUT2D eigenvalue weighted by Gasteiger charge is -2.14. The third kappa shape index (κ3) is 5.82. The van der Waals surface area contributed by atoms with Crippen LogP contribution in [0.15, 0.2) is 59.5 Å². The average molecular weight is 428 g/mol. The van der Waals surface area contributed by atoms with E-state index in [9.17, 15) is 9.59 Å². The number of hydrazine groups is 1. The minimum absolute atomic E-state index is 0.134. The Morgan fingerprint density at radius 2 is 2.00 bits per heavy atom. The number of anilines is 1. The fourth-order valence-corrected chi connectivity index (χ4v) is 4.01. The molecule has 0 spiro atoms. The summed E-state index contributed by atoms with van der Waals surface area (Å²) in [7, 11) is 1.60. The third-order valence-electron chi connectivity index (χ3n) is 4.17. The molecule has 29 heavy (non-hydrogen) atoms. The molecule has 0 bridgehead atoms. The number of hydrogen-bond donors (Lipinski definition) is 2. The normalized spacial score (nSPS) is 14.9. The lowest BCUT2D eigenvalue weighted by Crippen LogP contribution is -2.32. The number of nitrogens with zero attached hydrogens (tertiary/aromatic N) is 1. The van der Waals surface area contributed by atoms with E-state index < -0.39 is 0 Å². The highest BCUT2D eigenvalue weighted by atomic mass is 32.2. The topological polar surface area (TPSA) is 70.7 Å². The van der Waals surface area contributed by atoms with Crippen molar-refractivity contribution in [1.29, 1.82) is 0 Å². The molecule has 0 radical (unpaired) electrons. The number of hydrogen-bond acceptors (Lipinski definition) is 6. The molecule has 0 unspecified atom stereocenters. The van der Waals surface area contributed by atoms with Gasteiger partial charge < -0.3 is 4.74 Å². The molecule has 1 saturated heterocycles. The molecule has 0 aliphatic carbocycles. The lowest BCUT2D eigenvalue weighted by molar-refractivity contribution is -0.123. The van der Waals surface area contributed by atoms with E-state index in [0.717, 1.165) is 17.0 Å². The van der Waals surface area contributed by atoms with Gasteiger partial charge in [-0.25, -0.2) is 0 Å². The maximum atomic E-state index is 12.7. The number of benzene rings is 2. The number of methoxy groups -OCH3 is 1. The predicted octanol–water partition coefficient (Wildman–Crippen LogP) is 3.82. The molecule has 0 aromatic heterocycles. The van der Waals surface area contributed by atoms with E-state index in [1.807, 2.05) is 54.6 Å². The molecule has 3 rings (SSSR count). The Balaban J connectivity index is 1.49. The van der Waals surface area contributed by atoms with Crippen LogP contribution in [0.2, 0.25) is 0 Å². The van der Waals surface area contributed by atoms with E-state index in [1.54, 1.807) is 18.1 Å². The van der Waals surface area contributed by atoms with E-state index in [4.69, 9.17) is 17.0 Å². The van der Waals surface area contributed by atoms with Gasteiger partial charge in [0, 0.05) is 13.0 Å². The molecule has 2 amide bonds. The van der Waals surface area contributed by atoms with Crippen LogP contribution in [-0.2, 0) is 9.59 Å². The van der Waals surface area contributed by atoms with Gasteiger partial charge in [-0.3, -0.25) is 25.3 Å². The molecule has 0 saturated carbocycles. The Morgan fingerprint density at radius 1 is 1.21 bits per heavy atom. The maximum absolute atomic E-state index is 12.7. The quantitative estimate of drug-likeness (QED) is 0.379. The number of amides is 2. The molecule has 6 nitrogen and oxygen atoms in total. The van der Waals surface area contributed by atoms with Crippen LogP contribution < -0.4 is 15.6 Å². The average Bonchev–Trinajstić information content (AvgIpc) is 3.00. The number of ether oxygens (including phenoxy) is 1. The number of carbonyl (C=O) groups is 2. The van der Waals surface area contributed by atoms with E-state index in [0.29, 0.717) is 22.2 Å². The van der Waals surface area contributed by atoms with Crippen LogP contribution in [0.3, 0.4) is 0 Å². The molecule has 1 fully saturated rings. The number of carbonyl (C=O) groups excluding carboxylic acids is 2. The number of rotatable bonds is 8. The van der Waals surface area contributed by atoms with Gasteiger partial charge in [0.1, 0.15) is 10.1 Å². The third-order valence-corrected chi connectivity index (χ3v) is 5.55. The van der Waals surface area contributed by atoms with Crippen LogP contribution in [0.25, 0.3) is 6.08 Å². The Hall–Kier alpha value is -2.84. The molecular weight excluding hydrogens is 406 g/mol. The van der Waals surface area contributed by atoms with Gasteiger partial charge in [0.25, 0.3) is 5.91 Å². The molecule has 2 N–H and O–H groups in total. The van der Waals surface area contributed by atoms with Gasteiger partial charge >= 0.3 is 0 Å². The largest absolute Gasteiger partial charge is 0.497 e. The zero-order valence-corrected chi connectivity index (χ0v) is 17.5. The Bertz CT molecular complexity index is 932. The second kappa shape index (κ2) is 10.1. The predicted molar refractivity (Wildman–Crippen MR) is 120 cm³/mol. The summed E-state index contributed by atoms with van der Waals surface area (Å²) in [5, 5.41) is 0. The maximum Gasteiger partial charge on any atom is 0.266 e. The van der Waals surface area contributed by atoms with Gasteiger partial charge in [-0.05, 0) is 42.3 Å². The lowest BCUT2D eigenvalue weighted by atomic mass is 10.2. The van der Waals surface area contributed by atoms with Gasteiger partial charge in [0.05, 0.1) is 17.7 Å². The van der Waals surface area contributed by atoms with Crippen molar-refractivity contribution in [3.63, 3.8) is 0 Å². The Morgan fingerprint density at radius 3 is 2.76 bits per heavy atom. The van der Waals surface area contributed by atoms with E-state index in [-0.39, 0.29) is 18.2 Å². The molecule has 0 atom stereocenters. The highest BCUT2D eigenvalue weighted by molar-refractivity contribution is 8.26. The van der Waals surface area contributed by atoms with Crippen LogP contribution in [0.5, 0.6) is 5.75 Å². The first-order valence-electron chi connectivity index (χ1n) is 9.06. The van der Waals surface area contributed by atoms with Gasteiger partial charge in [0.15, 0.2) is 0 Å². The minimum Gasteiger partial charge on any atom is -0.497 e. The summed E-state index contributed by atoms with van der Waals surface area (Å²) in [4.78, 5) is 26.8. The second-order valence-electron chi connectivity index (χ2n) is 6.25. The summed E-state index contributed by atoms with van der Waals surface area (Å²) in [6.45, 7) is 0.402. The summed E-state index contributed by atoms with van der Waals surface area (Å²) >= 11 is 6.61. The fourth-order valence-electron chi connectivity index (χ4n) is 2.70. The number of para-hydroxylation sites is 1. The standard InChI is InChI=1S/C21H21N3O3S2/c1-27-17-10-5-7-15(13-17)14-18-20(26)24(21(28)29-18)12-6-11-19(25)23-22-16-8-3-2-4-9-16/h2-5,7-10,13-14,22H,6,11-12H2,1H3,(H,23,25). The zero-order valence-electron chi connectivity index (χ0n) is 15.9. The van der Waals surface area contributed by atoms with Crippen LogP contribution in [0, 0.1) is 0 Å². The first-order chi connectivity index (χ1) is 14.1. The second-order valence-corrected chi connectivity index (χ2v) is 7.93. The SMILES string of the molecule is COc1cccc(C=C2SC(=S)N(CCCC(=O)NNc3ccccc3)C2=O)c1. The van der Waals surface area contributed by atoms with Crippen molar-refractivity contribution in [2.45, 2.75) is 12.8 Å². The number of thioether (sulfide) groups is 1. The van der Waals surface area contributed by atoms with E-state index in [2.05, 4.69) is 10.9 Å². The molecule has 2 aromatic carbocycles. The van der Waals surface area contributed by atoms with Crippen molar-refractivity contribution in [2.75, 3.05) is 19.1 Å². The van der Waals surface area contributed by atoms with Gasteiger partial charge in [-0.1, -0.05) is 54.3 Å². The molecular formula is C21H21N3O3S2. The van der Waals surface area contributed by atoms with Crippen LogP contribution in [0.4, 0.5) is 5.69 Å². The highest BCUT2D eigenvalue weighted by Gasteiger charge is 2.31. The van der Waals surface area contributed by atoms with Crippen molar-refractivity contribution in [3.8, 4) is 5.75 Å². The highest BCUT2D eigenvalue weighted by Crippen LogP contribution is 2.33. The number of nitrogens with one attached hydrogen (secondary N) is 2. The van der Waals surface area contributed by atoms with Crippen molar-refractivity contribution >= 4 is 51.9 Å². The zero-order chi connectivity index (χ0) is 20.6. The van der Waals surface area contributed by atoms with E-state index >= 15 is 0 Å². The van der Waals surface area contributed by atoms with Gasteiger partial charge in [0.2, 0.25) is 5.91 Å². The van der Waals surface area contributed by atoms with Crippen molar-refractivity contribution in [1.82, 2.24) is 10.3 Å². The molecule has 2 aromatic rings. The van der Waals surface area contributed by atoms with Crippen molar-refractivity contribution in [2.24, 2.45) is 0 Å². The molecule has 1 aliphatic rings. The summed E-state index contributed by atoms with van der Waals surface area (Å²) in [5.41, 5.74) is 7.18. The van der Waals surface area contributed by atoms with Gasteiger partial charge in [-0.2, -0.15) is 0 Å². The van der Waals surface area contributed by atoms with Crippen LogP contribution >= 0.6 is 24.0 Å². The number of thiocarbonyl (C=S) groups is 1. The smallest absolute Gasteiger partial charge is 0.266 e. The minimum atomic E-state index is -0.147. The van der Waals surface area contributed by atoms with Crippen molar-refractivity contribution < 1.29 is 14.3 Å². The fraction of sp³-hybridized carbons (Fsp3) is 0.190. The van der Waals surface area contributed by atoms with Crippen LogP contribution in [0.1, 0.15) is 18.4 Å². The first kappa shape index (κ1) is 20.9. The summed E-state index contributed by atoms with van der Waals surface area (Å²) < 4.78 is 5.72. The molecule has 8 heteroatoms. The monoisotopic (exact) mass is 427 g/mol. The van der Waals surface area contributed by atoms with Crippen LogP contribution in [-0.4, -0.2) is 34.7 Å².